The molecule has 0 atom stereocenters. The second-order valence-corrected chi connectivity index (χ2v) is 6.20. The number of hydrogen-bond donors (Lipinski definition) is 2. The number of carbonyl (C=O) groups is 1. The molecule has 0 radical (unpaired) electrons. The summed E-state index contributed by atoms with van der Waals surface area (Å²) >= 11 is 0. The van der Waals surface area contributed by atoms with Gasteiger partial charge in [0.25, 0.3) is 5.91 Å². The normalized spacial score (nSPS) is 12.1. The Morgan fingerprint density at radius 2 is 2.05 bits per heavy atom. The number of aromatic amines is 1. The van der Waals surface area contributed by atoms with Gasteiger partial charge in [0.1, 0.15) is 0 Å². The van der Waals surface area contributed by atoms with Gasteiger partial charge in [-0.05, 0) is 25.6 Å². The number of aromatic nitrogens is 2. The zero-order chi connectivity index (χ0) is 14.8. The molecule has 0 fully saturated rings. The van der Waals surface area contributed by atoms with Gasteiger partial charge in [0.2, 0.25) is 0 Å². The van der Waals surface area contributed by atoms with Crippen molar-refractivity contribution in [2.45, 2.75) is 13.8 Å². The summed E-state index contributed by atoms with van der Waals surface area (Å²) in [4.78, 5) is 14.4. The van der Waals surface area contributed by atoms with Crippen molar-refractivity contribution in [3.63, 3.8) is 0 Å². The molecule has 1 amide bonds. The summed E-state index contributed by atoms with van der Waals surface area (Å²) < 4.78 is 0. The molecule has 1 aromatic carbocycles. The molecule has 0 spiro atoms. The van der Waals surface area contributed by atoms with Crippen LogP contribution >= 0.6 is 0 Å². The molecule has 2 aromatic rings. The monoisotopic (exact) mass is 274 g/mol. The number of rotatable bonds is 5. The molecule has 5 heteroatoms. The SMILES string of the molecule is CN(C)CC(C)(C)CNC(=O)c1n[nH]c2ccccc12. The summed E-state index contributed by atoms with van der Waals surface area (Å²) in [7, 11) is 4.07. The highest BCUT2D eigenvalue weighted by atomic mass is 16.1. The largest absolute Gasteiger partial charge is 0.350 e. The van der Waals surface area contributed by atoms with Crippen LogP contribution < -0.4 is 5.32 Å². The van der Waals surface area contributed by atoms with Crippen LogP contribution in [0.4, 0.5) is 0 Å². The van der Waals surface area contributed by atoms with E-state index in [1.807, 2.05) is 38.4 Å². The fourth-order valence-corrected chi connectivity index (χ4v) is 2.45. The first-order chi connectivity index (χ1) is 9.39. The molecule has 20 heavy (non-hydrogen) atoms. The molecular formula is C15H22N4O. The van der Waals surface area contributed by atoms with E-state index in [0.717, 1.165) is 17.4 Å². The number of amides is 1. The Morgan fingerprint density at radius 1 is 1.35 bits per heavy atom. The second kappa shape index (κ2) is 5.63. The molecule has 0 aliphatic rings. The van der Waals surface area contributed by atoms with E-state index in [0.29, 0.717) is 12.2 Å². The first-order valence-corrected chi connectivity index (χ1v) is 6.75. The summed E-state index contributed by atoms with van der Waals surface area (Å²) in [5.74, 6) is -0.130. The van der Waals surface area contributed by atoms with Gasteiger partial charge in [-0.2, -0.15) is 5.10 Å². The van der Waals surface area contributed by atoms with Crippen LogP contribution in [0, 0.1) is 5.41 Å². The van der Waals surface area contributed by atoms with Crippen LogP contribution in [0.15, 0.2) is 24.3 Å². The highest BCUT2D eigenvalue weighted by Gasteiger charge is 2.21. The van der Waals surface area contributed by atoms with Gasteiger partial charge >= 0.3 is 0 Å². The Bertz CT molecular complexity index is 601. The number of H-pyrrole nitrogens is 1. The van der Waals surface area contributed by atoms with Gasteiger partial charge in [0.05, 0.1) is 5.52 Å². The lowest BCUT2D eigenvalue weighted by Gasteiger charge is -2.28. The van der Waals surface area contributed by atoms with E-state index in [2.05, 4.69) is 34.3 Å². The quantitative estimate of drug-likeness (QED) is 0.875. The van der Waals surface area contributed by atoms with Gasteiger partial charge in [0.15, 0.2) is 5.69 Å². The smallest absolute Gasteiger partial charge is 0.272 e. The van der Waals surface area contributed by atoms with E-state index in [1.54, 1.807) is 0 Å². The van der Waals surface area contributed by atoms with Crippen LogP contribution in [0.1, 0.15) is 24.3 Å². The summed E-state index contributed by atoms with van der Waals surface area (Å²) in [5.41, 5.74) is 1.36. The van der Waals surface area contributed by atoms with E-state index in [1.165, 1.54) is 0 Å². The van der Waals surface area contributed by atoms with E-state index >= 15 is 0 Å². The van der Waals surface area contributed by atoms with E-state index in [4.69, 9.17) is 0 Å². The van der Waals surface area contributed by atoms with Crippen molar-refractivity contribution in [2.75, 3.05) is 27.2 Å². The summed E-state index contributed by atoms with van der Waals surface area (Å²) in [6.07, 6.45) is 0. The lowest BCUT2D eigenvalue weighted by Crippen LogP contribution is -2.40. The van der Waals surface area contributed by atoms with Gasteiger partial charge in [0, 0.05) is 18.5 Å². The molecular weight excluding hydrogens is 252 g/mol. The van der Waals surface area contributed by atoms with Crippen molar-refractivity contribution in [1.82, 2.24) is 20.4 Å². The molecule has 1 heterocycles. The maximum absolute atomic E-state index is 12.2. The van der Waals surface area contributed by atoms with Crippen LogP contribution in [0.2, 0.25) is 0 Å². The van der Waals surface area contributed by atoms with Crippen LogP contribution in [0.5, 0.6) is 0 Å². The number of nitrogens with one attached hydrogen (secondary N) is 2. The number of hydrogen-bond acceptors (Lipinski definition) is 3. The Labute approximate surface area is 119 Å². The second-order valence-electron chi connectivity index (χ2n) is 6.20. The predicted octanol–water partition coefficient (Wildman–Crippen LogP) is 1.88. The summed E-state index contributed by atoms with van der Waals surface area (Å²) in [6.45, 7) is 5.80. The highest BCUT2D eigenvalue weighted by Crippen LogP contribution is 2.17. The molecule has 108 valence electrons. The zero-order valence-electron chi connectivity index (χ0n) is 12.5. The standard InChI is InChI=1S/C15H22N4O/c1-15(2,10-19(3)4)9-16-14(20)13-11-7-5-6-8-12(11)17-18-13/h5-8H,9-10H2,1-4H3,(H,16,20)(H,17,18). The lowest BCUT2D eigenvalue weighted by molar-refractivity contribution is 0.0926. The lowest BCUT2D eigenvalue weighted by atomic mass is 9.93. The summed E-state index contributed by atoms with van der Waals surface area (Å²) in [6, 6.07) is 7.64. The maximum atomic E-state index is 12.2. The number of nitrogens with zero attached hydrogens (tertiary/aromatic N) is 2. The van der Waals surface area contributed by atoms with Crippen molar-refractivity contribution in [1.29, 1.82) is 0 Å². The zero-order valence-corrected chi connectivity index (χ0v) is 12.5. The van der Waals surface area contributed by atoms with E-state index in [9.17, 15) is 4.79 Å². The molecule has 0 bridgehead atoms. The van der Waals surface area contributed by atoms with Gasteiger partial charge in [-0.25, -0.2) is 0 Å². The first kappa shape index (κ1) is 14.5. The number of carbonyl (C=O) groups excluding carboxylic acids is 1. The molecule has 0 aliphatic carbocycles. The van der Waals surface area contributed by atoms with E-state index < -0.39 is 0 Å². The summed E-state index contributed by atoms with van der Waals surface area (Å²) in [5, 5.41) is 10.8. The minimum absolute atomic E-state index is 0.0191. The van der Waals surface area contributed by atoms with Gasteiger partial charge < -0.3 is 10.2 Å². The molecule has 0 saturated heterocycles. The Kier molecular flexibility index (Phi) is 4.09. The van der Waals surface area contributed by atoms with Crippen molar-refractivity contribution in [3.8, 4) is 0 Å². The molecule has 0 unspecified atom stereocenters. The Balaban J connectivity index is 2.06. The Hall–Kier alpha value is -1.88. The van der Waals surface area contributed by atoms with Gasteiger partial charge in [-0.1, -0.05) is 32.0 Å². The van der Waals surface area contributed by atoms with Crippen LogP contribution in [0.25, 0.3) is 10.9 Å². The van der Waals surface area contributed by atoms with Crippen molar-refractivity contribution in [2.24, 2.45) is 5.41 Å². The highest BCUT2D eigenvalue weighted by molar-refractivity contribution is 6.04. The Morgan fingerprint density at radius 3 is 2.75 bits per heavy atom. The minimum Gasteiger partial charge on any atom is -0.350 e. The third kappa shape index (κ3) is 3.36. The molecule has 5 nitrogen and oxygen atoms in total. The number of benzene rings is 1. The predicted molar refractivity (Wildman–Crippen MR) is 80.8 cm³/mol. The maximum Gasteiger partial charge on any atom is 0.272 e. The molecule has 2 rings (SSSR count). The van der Waals surface area contributed by atoms with Crippen LogP contribution in [-0.4, -0.2) is 48.2 Å². The molecule has 0 aliphatic heterocycles. The molecule has 2 N–H and O–H groups in total. The fraction of sp³-hybridized carbons (Fsp3) is 0.467. The van der Waals surface area contributed by atoms with Crippen molar-refractivity contribution < 1.29 is 4.79 Å². The topological polar surface area (TPSA) is 61.0 Å². The van der Waals surface area contributed by atoms with E-state index in [-0.39, 0.29) is 11.3 Å². The van der Waals surface area contributed by atoms with Crippen molar-refractivity contribution >= 4 is 16.8 Å². The minimum atomic E-state index is -0.130. The molecule has 0 saturated carbocycles. The first-order valence-electron chi connectivity index (χ1n) is 6.75. The van der Waals surface area contributed by atoms with Crippen LogP contribution in [0.3, 0.4) is 0 Å². The number of fused-ring (bicyclic) bond motifs is 1. The average Bonchev–Trinajstić information content (AvgIpc) is 2.78. The van der Waals surface area contributed by atoms with Gasteiger partial charge in [-0.15, -0.1) is 0 Å². The third-order valence-corrected chi connectivity index (χ3v) is 3.16. The number of para-hydroxylation sites is 1. The third-order valence-electron chi connectivity index (χ3n) is 3.16. The van der Waals surface area contributed by atoms with Crippen molar-refractivity contribution in [3.05, 3.63) is 30.0 Å². The molecule has 1 aromatic heterocycles. The van der Waals surface area contributed by atoms with Crippen LogP contribution in [-0.2, 0) is 0 Å². The fourth-order valence-electron chi connectivity index (χ4n) is 2.45. The van der Waals surface area contributed by atoms with Gasteiger partial charge in [-0.3, -0.25) is 9.89 Å². The average molecular weight is 274 g/mol.